The molecular weight excluding hydrogens is 338 g/mol. The number of hydrogen-bond donors (Lipinski definition) is 5. The first-order valence-corrected chi connectivity index (χ1v) is 9.47. The number of non-ortho nitro benzene ring substituents is 1. The zero-order chi connectivity index (χ0) is 16.7. The van der Waals surface area contributed by atoms with E-state index in [4.69, 9.17) is 19.6 Å². The van der Waals surface area contributed by atoms with E-state index in [2.05, 4.69) is 5.32 Å². The molecule has 10 nitrogen and oxygen atoms in total. The summed E-state index contributed by atoms with van der Waals surface area (Å²) < 4.78 is 22.5. The Morgan fingerprint density at radius 3 is 2.18 bits per heavy atom. The summed E-state index contributed by atoms with van der Waals surface area (Å²) in [7, 11) is -10.1. The first-order chi connectivity index (χ1) is 9.98. The summed E-state index contributed by atoms with van der Waals surface area (Å²) in [6.45, 7) is 0. The molecule has 1 aliphatic rings. The quantitative estimate of drug-likeness (QED) is 0.284. The van der Waals surface area contributed by atoms with Gasteiger partial charge in [-0.1, -0.05) is 6.07 Å². The molecule has 1 atom stereocenters. The fraction of sp³-hybridized carbons (Fsp3) is 0.400. The highest BCUT2D eigenvalue weighted by atomic mass is 31.2. The van der Waals surface area contributed by atoms with Crippen molar-refractivity contribution >= 4 is 20.9 Å². The van der Waals surface area contributed by atoms with E-state index in [0.29, 0.717) is 5.56 Å². The minimum Gasteiger partial charge on any atom is -0.323 e. The van der Waals surface area contributed by atoms with Crippen LogP contribution in [-0.2, 0) is 22.0 Å². The molecule has 0 saturated carbocycles. The Hall–Kier alpha value is -1.12. The summed E-state index contributed by atoms with van der Waals surface area (Å²) in [6.07, 6.45) is 0.456. The minimum absolute atomic E-state index is 0.110. The van der Waals surface area contributed by atoms with Gasteiger partial charge >= 0.3 is 15.2 Å². The van der Waals surface area contributed by atoms with Gasteiger partial charge in [-0.3, -0.25) is 24.6 Å². The van der Waals surface area contributed by atoms with Crippen molar-refractivity contribution in [1.29, 1.82) is 0 Å². The maximum Gasteiger partial charge on any atom is 0.354 e. The molecule has 5 N–H and O–H groups in total. The molecular formula is C10H14N2O8P2. The van der Waals surface area contributed by atoms with E-state index in [1.165, 1.54) is 18.2 Å². The van der Waals surface area contributed by atoms with Crippen LogP contribution in [0.1, 0.15) is 11.1 Å². The van der Waals surface area contributed by atoms with Gasteiger partial charge in [0.25, 0.3) is 5.69 Å². The number of benzene rings is 1. The van der Waals surface area contributed by atoms with E-state index < -0.39 is 31.7 Å². The second-order valence-corrected chi connectivity index (χ2v) is 8.83. The largest absolute Gasteiger partial charge is 0.354 e. The second-order valence-electron chi connectivity index (χ2n) is 5.03. The van der Waals surface area contributed by atoms with Crippen molar-refractivity contribution in [1.82, 2.24) is 5.32 Å². The lowest BCUT2D eigenvalue weighted by Gasteiger charge is -2.24. The number of nitro benzene ring substituents is 1. The number of rotatable bonds is 5. The molecule has 1 aromatic carbocycles. The van der Waals surface area contributed by atoms with Gasteiger partial charge in [-0.15, -0.1) is 0 Å². The third-order valence-corrected chi connectivity index (χ3v) is 6.73. The predicted molar refractivity (Wildman–Crippen MR) is 75.3 cm³/mol. The van der Waals surface area contributed by atoms with Crippen LogP contribution in [0.5, 0.6) is 0 Å². The van der Waals surface area contributed by atoms with Gasteiger partial charge in [-0.2, -0.15) is 0 Å². The van der Waals surface area contributed by atoms with E-state index >= 15 is 0 Å². The van der Waals surface area contributed by atoms with E-state index in [1.54, 1.807) is 0 Å². The standard InChI is InChI=1S/C10H14N2O8P2/c13-12(14)9-2-1-6-3-8(4-7(6)5-9)11-10(21(15,16)17)22(18,19)20/h1-2,5,8,10-11H,3-4H2,(H2,15,16,17)(H2,18,19,20). The van der Waals surface area contributed by atoms with Gasteiger partial charge in [0.2, 0.25) is 5.52 Å². The van der Waals surface area contributed by atoms with Crippen molar-refractivity contribution in [3.05, 3.63) is 39.4 Å². The van der Waals surface area contributed by atoms with Gasteiger partial charge in [0.05, 0.1) is 4.92 Å². The van der Waals surface area contributed by atoms with Crippen LogP contribution in [0.15, 0.2) is 18.2 Å². The van der Waals surface area contributed by atoms with Crippen LogP contribution in [0.3, 0.4) is 0 Å². The fourth-order valence-corrected chi connectivity index (χ4v) is 4.81. The Morgan fingerprint density at radius 2 is 1.68 bits per heavy atom. The molecule has 1 unspecified atom stereocenters. The Labute approximate surface area is 124 Å². The fourth-order valence-electron chi connectivity index (χ4n) is 2.44. The molecule has 0 amide bonds. The van der Waals surface area contributed by atoms with E-state index in [9.17, 15) is 19.2 Å². The first-order valence-electron chi connectivity index (χ1n) is 6.11. The van der Waals surface area contributed by atoms with E-state index in [0.717, 1.165) is 5.56 Å². The zero-order valence-electron chi connectivity index (χ0n) is 11.1. The second kappa shape index (κ2) is 5.82. The molecule has 1 aliphatic carbocycles. The molecule has 0 aliphatic heterocycles. The first kappa shape index (κ1) is 17.2. The Bertz CT molecular complexity index is 674. The number of nitrogens with zero attached hydrogens (tertiary/aromatic N) is 1. The Morgan fingerprint density at radius 1 is 1.14 bits per heavy atom. The van der Waals surface area contributed by atoms with Crippen molar-refractivity contribution in [2.45, 2.75) is 24.4 Å². The Kier molecular flexibility index (Phi) is 4.56. The Balaban J connectivity index is 2.18. The summed E-state index contributed by atoms with van der Waals surface area (Å²) in [5.41, 5.74) is -1.05. The molecule has 12 heteroatoms. The van der Waals surface area contributed by atoms with Crippen molar-refractivity contribution in [2.24, 2.45) is 0 Å². The molecule has 0 fully saturated rings. The van der Waals surface area contributed by atoms with E-state index in [-0.39, 0.29) is 18.5 Å². The van der Waals surface area contributed by atoms with Crippen LogP contribution in [0.25, 0.3) is 0 Å². The molecule has 0 aromatic heterocycles. The molecule has 122 valence electrons. The molecule has 0 bridgehead atoms. The lowest BCUT2D eigenvalue weighted by Crippen LogP contribution is -2.38. The lowest BCUT2D eigenvalue weighted by molar-refractivity contribution is -0.384. The van der Waals surface area contributed by atoms with Gasteiger partial charge in [-0.25, -0.2) is 0 Å². The maximum atomic E-state index is 11.2. The monoisotopic (exact) mass is 352 g/mol. The number of nitro groups is 1. The highest BCUT2D eigenvalue weighted by Crippen LogP contribution is 2.58. The summed E-state index contributed by atoms with van der Waals surface area (Å²) in [5, 5.41) is 13.0. The smallest absolute Gasteiger partial charge is 0.323 e. The average Bonchev–Trinajstić information content (AvgIpc) is 2.74. The molecule has 0 spiro atoms. The van der Waals surface area contributed by atoms with Gasteiger partial charge in [0.15, 0.2) is 0 Å². The van der Waals surface area contributed by atoms with E-state index in [1.807, 2.05) is 0 Å². The molecule has 1 aromatic rings. The van der Waals surface area contributed by atoms with Crippen LogP contribution < -0.4 is 5.32 Å². The predicted octanol–water partition coefficient (Wildman–Crippen LogP) is 0.291. The normalized spacial score (nSPS) is 18.5. The van der Waals surface area contributed by atoms with Gasteiger partial charge < -0.3 is 19.6 Å². The van der Waals surface area contributed by atoms with Crippen LogP contribution in [0, 0.1) is 10.1 Å². The minimum atomic E-state index is -5.05. The summed E-state index contributed by atoms with van der Waals surface area (Å²) >= 11 is 0. The van der Waals surface area contributed by atoms with Gasteiger partial charge in [-0.05, 0) is 24.0 Å². The summed E-state index contributed by atoms with van der Waals surface area (Å²) in [6, 6.07) is 3.56. The van der Waals surface area contributed by atoms with Gasteiger partial charge in [0.1, 0.15) is 0 Å². The van der Waals surface area contributed by atoms with Crippen molar-refractivity contribution in [2.75, 3.05) is 0 Å². The SMILES string of the molecule is O=[N+]([O-])c1ccc2c(c1)CC(NC(P(=O)(O)O)P(=O)(O)O)C2. The molecule has 0 saturated heterocycles. The summed E-state index contributed by atoms with van der Waals surface area (Å²) in [5.74, 6) is 0. The zero-order valence-corrected chi connectivity index (χ0v) is 12.9. The molecule has 0 radical (unpaired) electrons. The maximum absolute atomic E-state index is 11.2. The molecule has 0 heterocycles. The van der Waals surface area contributed by atoms with Crippen molar-refractivity contribution in [3.63, 3.8) is 0 Å². The highest BCUT2D eigenvalue weighted by molar-refractivity contribution is 7.70. The number of fused-ring (bicyclic) bond motifs is 1. The van der Waals surface area contributed by atoms with Crippen LogP contribution >= 0.6 is 15.2 Å². The lowest BCUT2D eigenvalue weighted by atomic mass is 10.1. The molecule has 2 rings (SSSR count). The summed E-state index contributed by atoms with van der Waals surface area (Å²) in [4.78, 5) is 46.4. The third-order valence-electron chi connectivity index (χ3n) is 3.36. The topological polar surface area (TPSA) is 170 Å². The molecule has 22 heavy (non-hydrogen) atoms. The third kappa shape index (κ3) is 3.80. The van der Waals surface area contributed by atoms with Crippen LogP contribution in [0.4, 0.5) is 5.69 Å². The number of nitrogens with one attached hydrogen (secondary N) is 1. The average molecular weight is 352 g/mol. The van der Waals surface area contributed by atoms with Crippen molar-refractivity contribution < 1.29 is 33.6 Å². The van der Waals surface area contributed by atoms with Crippen molar-refractivity contribution in [3.8, 4) is 0 Å². The van der Waals surface area contributed by atoms with Gasteiger partial charge in [0, 0.05) is 18.2 Å². The van der Waals surface area contributed by atoms with Crippen LogP contribution in [0.2, 0.25) is 0 Å². The number of hydrogen-bond acceptors (Lipinski definition) is 5. The van der Waals surface area contributed by atoms with Crippen LogP contribution in [-0.4, -0.2) is 36.1 Å². The highest BCUT2D eigenvalue weighted by Gasteiger charge is 2.45.